The molecule has 0 radical (unpaired) electrons. The van der Waals surface area contributed by atoms with Gasteiger partial charge in [0, 0.05) is 12.7 Å². The molecule has 31 heavy (non-hydrogen) atoms. The average molecular weight is 450 g/mol. The first-order chi connectivity index (χ1) is 14.9. The lowest BCUT2D eigenvalue weighted by atomic mass is 10.2. The maximum atomic E-state index is 13.4. The van der Waals surface area contributed by atoms with Crippen molar-refractivity contribution in [2.24, 2.45) is 0 Å². The summed E-state index contributed by atoms with van der Waals surface area (Å²) in [6.45, 7) is 7.79. The summed E-state index contributed by atoms with van der Waals surface area (Å²) in [6, 6.07) is 11.1. The normalized spacial score (nSPS) is 15.2. The third-order valence-electron chi connectivity index (χ3n) is 4.71. The number of carbonyl (C=O) groups excluding carboxylic acids is 1. The van der Waals surface area contributed by atoms with Gasteiger partial charge in [-0.2, -0.15) is 4.98 Å². The van der Waals surface area contributed by atoms with Crippen molar-refractivity contribution in [1.82, 2.24) is 14.3 Å². The first-order valence-corrected chi connectivity index (χ1v) is 10.7. The molecule has 6 nitrogen and oxygen atoms in total. The standard InChI is InChI=1S/C23H19N3O3S2/c1-4-10-26-22(28)18(31-23(26)30)13-17-20(29-16-9-5-7-14(2)12-16)24-19-15(3)8-6-11-25(19)21(17)27/h4-9,11-13H,1,10H2,2-3H3/b18-13+. The number of fused-ring (bicyclic) bond motifs is 1. The molecule has 1 aliphatic rings. The van der Waals surface area contributed by atoms with Crippen molar-refractivity contribution in [3.8, 4) is 11.6 Å². The van der Waals surface area contributed by atoms with Gasteiger partial charge < -0.3 is 4.74 Å². The van der Waals surface area contributed by atoms with Crippen LogP contribution in [0.5, 0.6) is 11.6 Å². The van der Waals surface area contributed by atoms with Crippen molar-refractivity contribution in [2.75, 3.05) is 6.54 Å². The molecule has 0 atom stereocenters. The van der Waals surface area contributed by atoms with Crippen LogP contribution in [0.4, 0.5) is 0 Å². The number of aryl methyl sites for hydroxylation is 2. The van der Waals surface area contributed by atoms with E-state index in [1.54, 1.807) is 24.4 Å². The number of thiocarbonyl (C=S) groups is 1. The molecule has 1 amide bonds. The van der Waals surface area contributed by atoms with Gasteiger partial charge in [-0.1, -0.05) is 48.3 Å². The first-order valence-electron chi connectivity index (χ1n) is 9.52. The number of hydrogen-bond acceptors (Lipinski definition) is 6. The molecule has 1 fully saturated rings. The largest absolute Gasteiger partial charge is 0.438 e. The highest BCUT2D eigenvalue weighted by Crippen LogP contribution is 2.34. The lowest BCUT2D eigenvalue weighted by Crippen LogP contribution is -2.28. The molecule has 8 heteroatoms. The Hall–Kier alpha value is -3.23. The van der Waals surface area contributed by atoms with Crippen LogP contribution in [0.1, 0.15) is 16.7 Å². The number of nitrogens with zero attached hydrogens (tertiary/aromatic N) is 3. The van der Waals surface area contributed by atoms with Gasteiger partial charge in [-0.25, -0.2) is 0 Å². The highest BCUT2D eigenvalue weighted by atomic mass is 32.2. The molecule has 1 aromatic carbocycles. The first kappa shape index (κ1) is 21.0. The van der Waals surface area contributed by atoms with Crippen molar-refractivity contribution < 1.29 is 9.53 Å². The number of amides is 1. The number of hydrogen-bond donors (Lipinski definition) is 0. The second-order valence-corrected chi connectivity index (χ2v) is 8.70. The molecule has 2 aromatic heterocycles. The number of aromatic nitrogens is 2. The van der Waals surface area contributed by atoms with Crippen LogP contribution in [0.25, 0.3) is 11.7 Å². The third kappa shape index (κ3) is 4.04. The maximum absolute atomic E-state index is 13.4. The predicted octanol–water partition coefficient (Wildman–Crippen LogP) is 4.49. The van der Waals surface area contributed by atoms with Gasteiger partial charge in [0.15, 0.2) is 0 Å². The molecule has 156 valence electrons. The minimum Gasteiger partial charge on any atom is -0.438 e. The number of pyridine rings is 1. The summed E-state index contributed by atoms with van der Waals surface area (Å²) >= 11 is 6.45. The average Bonchev–Trinajstić information content (AvgIpc) is 2.99. The van der Waals surface area contributed by atoms with Gasteiger partial charge in [-0.3, -0.25) is 18.9 Å². The molecule has 0 aliphatic carbocycles. The zero-order valence-electron chi connectivity index (χ0n) is 17.0. The Morgan fingerprint density at radius 1 is 1.23 bits per heavy atom. The zero-order chi connectivity index (χ0) is 22.1. The SMILES string of the molecule is C=CCN1C(=O)/C(=C\c2c(Oc3cccc(C)c3)nc3c(C)cccn3c2=O)SC1=S. The van der Waals surface area contributed by atoms with Gasteiger partial charge in [-0.15, -0.1) is 6.58 Å². The molecule has 4 rings (SSSR count). The summed E-state index contributed by atoms with van der Waals surface area (Å²) in [5.41, 5.74) is 2.19. The van der Waals surface area contributed by atoms with Gasteiger partial charge in [0.2, 0.25) is 5.88 Å². The predicted molar refractivity (Wildman–Crippen MR) is 128 cm³/mol. The van der Waals surface area contributed by atoms with E-state index >= 15 is 0 Å². The van der Waals surface area contributed by atoms with E-state index in [-0.39, 0.29) is 22.9 Å². The van der Waals surface area contributed by atoms with Gasteiger partial charge in [-0.05, 0) is 49.2 Å². The number of carbonyl (C=O) groups is 1. The van der Waals surface area contributed by atoms with Gasteiger partial charge in [0.25, 0.3) is 11.5 Å². The van der Waals surface area contributed by atoms with Gasteiger partial charge in [0.1, 0.15) is 21.3 Å². The summed E-state index contributed by atoms with van der Waals surface area (Å²) in [5, 5.41) is 0. The van der Waals surface area contributed by atoms with Crippen molar-refractivity contribution in [1.29, 1.82) is 0 Å². The smallest absolute Gasteiger partial charge is 0.269 e. The van der Waals surface area contributed by atoms with Crippen LogP contribution in [-0.2, 0) is 4.79 Å². The molecule has 3 aromatic rings. The molecular formula is C23H19N3O3S2. The second kappa shape index (κ2) is 8.49. The monoisotopic (exact) mass is 449 g/mol. The molecule has 1 aliphatic heterocycles. The topological polar surface area (TPSA) is 63.9 Å². The van der Waals surface area contributed by atoms with Crippen LogP contribution in [0, 0.1) is 13.8 Å². The fraction of sp³-hybridized carbons (Fsp3) is 0.130. The summed E-state index contributed by atoms with van der Waals surface area (Å²) in [5.74, 6) is 0.419. The summed E-state index contributed by atoms with van der Waals surface area (Å²) in [4.78, 5) is 32.5. The van der Waals surface area contributed by atoms with E-state index in [1.165, 1.54) is 15.4 Å². The van der Waals surface area contributed by atoms with Crippen molar-refractivity contribution in [3.63, 3.8) is 0 Å². The lowest BCUT2D eigenvalue weighted by molar-refractivity contribution is -0.121. The van der Waals surface area contributed by atoms with Crippen molar-refractivity contribution >= 4 is 45.9 Å². The minimum atomic E-state index is -0.328. The molecule has 3 heterocycles. The molecule has 0 spiro atoms. The Morgan fingerprint density at radius 3 is 2.77 bits per heavy atom. The maximum Gasteiger partial charge on any atom is 0.269 e. The van der Waals surface area contributed by atoms with Crippen LogP contribution in [0.15, 0.2) is 64.9 Å². The van der Waals surface area contributed by atoms with Crippen LogP contribution < -0.4 is 10.3 Å². The number of ether oxygens (including phenoxy) is 1. The van der Waals surface area contributed by atoms with Crippen LogP contribution in [0.2, 0.25) is 0 Å². The molecule has 0 saturated carbocycles. The quantitative estimate of drug-likeness (QED) is 0.325. The molecular weight excluding hydrogens is 430 g/mol. The molecule has 1 saturated heterocycles. The van der Waals surface area contributed by atoms with Crippen molar-refractivity contribution in [3.05, 3.63) is 87.2 Å². The van der Waals surface area contributed by atoms with E-state index < -0.39 is 0 Å². The Morgan fingerprint density at radius 2 is 2.03 bits per heavy atom. The Kier molecular flexibility index (Phi) is 5.75. The van der Waals surface area contributed by atoms with E-state index in [4.69, 9.17) is 17.0 Å². The Balaban J connectivity index is 1.90. The van der Waals surface area contributed by atoms with Crippen LogP contribution in [-0.4, -0.2) is 31.1 Å². The van der Waals surface area contributed by atoms with Gasteiger partial charge in [0.05, 0.1) is 4.91 Å². The molecule has 0 N–H and O–H groups in total. The van der Waals surface area contributed by atoms with E-state index in [2.05, 4.69) is 11.6 Å². The number of thioether (sulfide) groups is 1. The Labute approximate surface area is 188 Å². The minimum absolute atomic E-state index is 0.138. The van der Waals surface area contributed by atoms with E-state index in [1.807, 2.05) is 38.1 Å². The number of benzene rings is 1. The highest BCUT2D eigenvalue weighted by molar-refractivity contribution is 8.26. The van der Waals surface area contributed by atoms with E-state index in [0.29, 0.717) is 27.2 Å². The lowest BCUT2D eigenvalue weighted by Gasteiger charge is -2.12. The summed E-state index contributed by atoms with van der Waals surface area (Å²) in [7, 11) is 0. The van der Waals surface area contributed by atoms with E-state index in [0.717, 1.165) is 22.9 Å². The zero-order valence-corrected chi connectivity index (χ0v) is 18.6. The van der Waals surface area contributed by atoms with Gasteiger partial charge >= 0.3 is 0 Å². The fourth-order valence-corrected chi connectivity index (χ4v) is 4.46. The highest BCUT2D eigenvalue weighted by Gasteiger charge is 2.32. The fourth-order valence-electron chi connectivity index (χ4n) is 3.20. The summed E-state index contributed by atoms with van der Waals surface area (Å²) in [6.07, 6.45) is 4.77. The second-order valence-electron chi connectivity index (χ2n) is 7.02. The van der Waals surface area contributed by atoms with Crippen LogP contribution in [0.3, 0.4) is 0 Å². The van der Waals surface area contributed by atoms with E-state index in [9.17, 15) is 9.59 Å². The van der Waals surface area contributed by atoms with Crippen molar-refractivity contribution in [2.45, 2.75) is 13.8 Å². The molecule has 0 bridgehead atoms. The Bertz CT molecular complexity index is 1330. The molecule has 0 unspecified atom stereocenters. The third-order valence-corrected chi connectivity index (χ3v) is 6.09. The summed E-state index contributed by atoms with van der Waals surface area (Å²) < 4.78 is 7.90. The van der Waals surface area contributed by atoms with Crippen LogP contribution >= 0.6 is 24.0 Å². The number of rotatable bonds is 5.